The molecule has 4 nitrogen and oxygen atoms in total. The van der Waals surface area contributed by atoms with Gasteiger partial charge in [-0.1, -0.05) is 27.5 Å². The number of hydrogen-bond acceptors (Lipinski definition) is 4. The number of halogens is 2. The molecule has 0 atom stereocenters. The van der Waals surface area contributed by atoms with Gasteiger partial charge in [-0.3, -0.25) is 0 Å². The number of aromatic nitrogens is 3. The average molecular weight is 315 g/mol. The molecule has 6 heteroatoms. The zero-order chi connectivity index (χ0) is 12.4. The maximum Gasteiger partial charge on any atom is 0.159 e. The van der Waals surface area contributed by atoms with Crippen molar-refractivity contribution < 1.29 is 4.74 Å². The fraction of sp³-hybridized carbons (Fsp3) is 0.182. The van der Waals surface area contributed by atoms with E-state index in [4.69, 9.17) is 16.3 Å². The molecule has 0 bridgehead atoms. The first kappa shape index (κ1) is 12.3. The third-order valence-electron chi connectivity index (χ3n) is 2.17. The second kappa shape index (κ2) is 4.98. The third kappa shape index (κ3) is 2.56. The highest BCUT2D eigenvalue weighted by molar-refractivity contribution is 9.10. The molecule has 2 aromatic rings. The van der Waals surface area contributed by atoms with E-state index in [9.17, 15) is 0 Å². The molecule has 88 valence electrons. The van der Waals surface area contributed by atoms with Crippen LogP contribution in [0.15, 0.2) is 22.7 Å². The summed E-state index contributed by atoms with van der Waals surface area (Å²) in [4.78, 5) is 4.08. The van der Waals surface area contributed by atoms with Crippen molar-refractivity contribution in [2.24, 2.45) is 0 Å². The summed E-state index contributed by atoms with van der Waals surface area (Å²) in [5, 5.41) is 8.27. The number of rotatable bonds is 2. The Bertz CT molecular complexity index is 562. The first-order chi connectivity index (χ1) is 8.11. The summed E-state index contributed by atoms with van der Waals surface area (Å²) in [6.07, 6.45) is 0. The standard InChI is InChI=1S/C11H9BrClN3O/c1-6-14-11(13)10(16-15-6)8-5-7(12)3-4-9(8)17-2/h3-5H,1-2H3. The van der Waals surface area contributed by atoms with E-state index in [1.54, 1.807) is 14.0 Å². The molecule has 17 heavy (non-hydrogen) atoms. The van der Waals surface area contributed by atoms with Gasteiger partial charge in [0.25, 0.3) is 0 Å². The zero-order valence-corrected chi connectivity index (χ0v) is 11.6. The van der Waals surface area contributed by atoms with Crippen molar-refractivity contribution in [1.29, 1.82) is 0 Å². The summed E-state index contributed by atoms with van der Waals surface area (Å²) >= 11 is 9.46. The summed E-state index contributed by atoms with van der Waals surface area (Å²) in [6.45, 7) is 1.74. The van der Waals surface area contributed by atoms with Crippen LogP contribution < -0.4 is 4.74 Å². The molecule has 0 aliphatic carbocycles. The van der Waals surface area contributed by atoms with E-state index in [0.717, 1.165) is 10.0 Å². The van der Waals surface area contributed by atoms with Gasteiger partial charge >= 0.3 is 0 Å². The lowest BCUT2D eigenvalue weighted by Crippen LogP contribution is -1.97. The molecule has 0 aliphatic heterocycles. The maximum atomic E-state index is 6.06. The Balaban J connectivity index is 2.62. The molecule has 0 amide bonds. The lowest BCUT2D eigenvalue weighted by molar-refractivity contribution is 0.416. The minimum absolute atomic E-state index is 0.314. The van der Waals surface area contributed by atoms with Gasteiger partial charge in [0, 0.05) is 10.0 Å². The Morgan fingerprint density at radius 1 is 1.29 bits per heavy atom. The highest BCUT2D eigenvalue weighted by Crippen LogP contribution is 2.34. The molecule has 0 saturated carbocycles. The van der Waals surface area contributed by atoms with E-state index < -0.39 is 0 Å². The first-order valence-corrected chi connectivity index (χ1v) is 5.99. The van der Waals surface area contributed by atoms with Crippen LogP contribution >= 0.6 is 27.5 Å². The monoisotopic (exact) mass is 313 g/mol. The van der Waals surface area contributed by atoms with Crippen molar-refractivity contribution in [3.05, 3.63) is 33.6 Å². The second-order valence-corrected chi connectivity index (χ2v) is 4.62. The van der Waals surface area contributed by atoms with E-state index in [2.05, 4.69) is 31.1 Å². The minimum atomic E-state index is 0.314. The average Bonchev–Trinajstić information content (AvgIpc) is 2.29. The molecule has 2 rings (SSSR count). The third-order valence-corrected chi connectivity index (χ3v) is 2.92. The van der Waals surface area contributed by atoms with Crippen molar-refractivity contribution in [3.63, 3.8) is 0 Å². The molecule has 0 spiro atoms. The van der Waals surface area contributed by atoms with Gasteiger partial charge in [-0.2, -0.15) is 0 Å². The highest BCUT2D eigenvalue weighted by Gasteiger charge is 2.13. The van der Waals surface area contributed by atoms with Gasteiger partial charge in [0.1, 0.15) is 17.3 Å². The quantitative estimate of drug-likeness (QED) is 0.853. The van der Waals surface area contributed by atoms with E-state index in [0.29, 0.717) is 22.4 Å². The number of benzene rings is 1. The minimum Gasteiger partial charge on any atom is -0.496 e. The van der Waals surface area contributed by atoms with Crippen LogP contribution in [0, 0.1) is 6.92 Å². The number of ether oxygens (including phenoxy) is 1. The number of hydrogen-bond donors (Lipinski definition) is 0. The SMILES string of the molecule is COc1ccc(Br)cc1-c1nnc(C)nc1Cl. The van der Waals surface area contributed by atoms with Crippen molar-refractivity contribution in [1.82, 2.24) is 15.2 Å². The van der Waals surface area contributed by atoms with Crippen molar-refractivity contribution in [3.8, 4) is 17.0 Å². The molecule has 0 N–H and O–H groups in total. The van der Waals surface area contributed by atoms with Gasteiger partial charge in [-0.15, -0.1) is 10.2 Å². The molecule has 1 aromatic heterocycles. The predicted octanol–water partition coefficient (Wildman–Crippen LogP) is 3.27. The highest BCUT2D eigenvalue weighted by atomic mass is 79.9. The van der Waals surface area contributed by atoms with E-state index in [1.165, 1.54) is 0 Å². The Morgan fingerprint density at radius 2 is 2.06 bits per heavy atom. The normalized spacial score (nSPS) is 10.4. The van der Waals surface area contributed by atoms with Crippen LogP contribution in [0.4, 0.5) is 0 Å². The number of methoxy groups -OCH3 is 1. The van der Waals surface area contributed by atoms with Crippen LogP contribution in [0.1, 0.15) is 5.82 Å². The summed E-state index contributed by atoms with van der Waals surface area (Å²) in [5.41, 5.74) is 1.27. The molecule has 0 radical (unpaired) electrons. The van der Waals surface area contributed by atoms with Crippen LogP contribution in [-0.4, -0.2) is 22.3 Å². The molecule has 0 aliphatic rings. The van der Waals surface area contributed by atoms with Crippen LogP contribution in [0.2, 0.25) is 5.15 Å². The number of nitrogens with zero attached hydrogens (tertiary/aromatic N) is 3. The Kier molecular flexibility index (Phi) is 3.59. The number of aryl methyl sites for hydroxylation is 1. The summed E-state index contributed by atoms with van der Waals surface area (Å²) in [7, 11) is 1.59. The van der Waals surface area contributed by atoms with E-state index >= 15 is 0 Å². The van der Waals surface area contributed by atoms with Gasteiger partial charge in [0.2, 0.25) is 0 Å². The fourth-order valence-electron chi connectivity index (χ4n) is 1.41. The van der Waals surface area contributed by atoms with Gasteiger partial charge in [0.15, 0.2) is 5.15 Å². The van der Waals surface area contributed by atoms with Gasteiger partial charge in [-0.25, -0.2) is 4.98 Å². The smallest absolute Gasteiger partial charge is 0.159 e. The lowest BCUT2D eigenvalue weighted by atomic mass is 10.1. The van der Waals surface area contributed by atoms with Crippen molar-refractivity contribution in [2.45, 2.75) is 6.92 Å². The largest absolute Gasteiger partial charge is 0.496 e. The molecule has 0 fully saturated rings. The molecule has 0 unspecified atom stereocenters. The predicted molar refractivity (Wildman–Crippen MR) is 69.3 cm³/mol. The Labute approximate surface area is 112 Å². The van der Waals surface area contributed by atoms with Gasteiger partial charge in [-0.05, 0) is 25.1 Å². The summed E-state index contributed by atoms with van der Waals surface area (Å²) in [5.74, 6) is 1.21. The molecular formula is C11H9BrClN3O. The van der Waals surface area contributed by atoms with Gasteiger partial charge < -0.3 is 4.74 Å². The van der Waals surface area contributed by atoms with Crippen LogP contribution in [-0.2, 0) is 0 Å². The van der Waals surface area contributed by atoms with Crippen LogP contribution in [0.5, 0.6) is 5.75 Å². The molecule has 1 aromatic carbocycles. The second-order valence-electron chi connectivity index (χ2n) is 3.34. The van der Waals surface area contributed by atoms with E-state index in [1.807, 2.05) is 18.2 Å². The Morgan fingerprint density at radius 3 is 2.71 bits per heavy atom. The Hall–Kier alpha value is -1.20. The summed E-state index contributed by atoms with van der Waals surface area (Å²) in [6, 6.07) is 5.58. The van der Waals surface area contributed by atoms with Gasteiger partial charge in [0.05, 0.1) is 7.11 Å². The summed E-state index contributed by atoms with van der Waals surface area (Å²) < 4.78 is 6.17. The van der Waals surface area contributed by atoms with Crippen molar-refractivity contribution >= 4 is 27.5 Å². The van der Waals surface area contributed by atoms with Crippen LogP contribution in [0.25, 0.3) is 11.3 Å². The molecule has 0 saturated heterocycles. The van der Waals surface area contributed by atoms with Crippen molar-refractivity contribution in [2.75, 3.05) is 7.11 Å². The van der Waals surface area contributed by atoms with E-state index in [-0.39, 0.29) is 0 Å². The van der Waals surface area contributed by atoms with Crippen LogP contribution in [0.3, 0.4) is 0 Å². The zero-order valence-electron chi connectivity index (χ0n) is 9.24. The molecule has 1 heterocycles. The first-order valence-electron chi connectivity index (χ1n) is 4.82. The molecular weight excluding hydrogens is 305 g/mol. The fourth-order valence-corrected chi connectivity index (χ4v) is 2.03. The topological polar surface area (TPSA) is 47.9 Å². The lowest BCUT2D eigenvalue weighted by Gasteiger charge is -2.08. The maximum absolute atomic E-state index is 6.06.